The van der Waals surface area contributed by atoms with Crippen LogP contribution >= 0.6 is 0 Å². The van der Waals surface area contributed by atoms with E-state index in [1.54, 1.807) is 51.3 Å². The van der Waals surface area contributed by atoms with E-state index in [2.05, 4.69) is 32.4 Å². The van der Waals surface area contributed by atoms with Gasteiger partial charge in [0.15, 0.2) is 0 Å². The lowest BCUT2D eigenvalue weighted by molar-refractivity contribution is -0.129. The molecule has 204 valence electrons. The summed E-state index contributed by atoms with van der Waals surface area (Å²) in [4.78, 5) is 24.4. The summed E-state index contributed by atoms with van der Waals surface area (Å²) in [6.45, 7) is 4.50. The van der Waals surface area contributed by atoms with Crippen molar-refractivity contribution in [2.24, 2.45) is 5.92 Å². The molecular weight excluding hydrogens is 496 g/mol. The monoisotopic (exact) mass is 530 g/mol. The van der Waals surface area contributed by atoms with Crippen molar-refractivity contribution in [3.8, 4) is 22.8 Å². The lowest BCUT2D eigenvalue weighted by Crippen LogP contribution is -2.45. The summed E-state index contributed by atoms with van der Waals surface area (Å²) in [5.74, 6) is 1.88. The number of aromatic nitrogens is 4. The minimum Gasteiger partial charge on any atom is -0.497 e. The van der Waals surface area contributed by atoms with Crippen LogP contribution in [0.5, 0.6) is 11.5 Å². The van der Waals surface area contributed by atoms with E-state index in [0.29, 0.717) is 11.6 Å². The van der Waals surface area contributed by atoms with E-state index in [1.807, 2.05) is 24.3 Å². The van der Waals surface area contributed by atoms with Crippen LogP contribution in [0, 0.1) is 5.92 Å². The third kappa shape index (κ3) is 5.65. The molecule has 0 bridgehead atoms. The van der Waals surface area contributed by atoms with E-state index < -0.39 is 5.54 Å². The summed E-state index contributed by atoms with van der Waals surface area (Å²) in [5, 5.41) is 16.2. The molecule has 0 atom stereocenters. The summed E-state index contributed by atoms with van der Waals surface area (Å²) in [7, 11) is 3.31. The van der Waals surface area contributed by atoms with Gasteiger partial charge in [-0.15, -0.1) is 0 Å². The Labute approximate surface area is 227 Å². The van der Waals surface area contributed by atoms with Crippen LogP contribution in [0.1, 0.15) is 26.7 Å². The molecule has 0 radical (unpaired) electrons. The first-order chi connectivity index (χ1) is 18.8. The second-order valence-electron chi connectivity index (χ2n) is 10.3. The minimum absolute atomic E-state index is 0.121. The highest BCUT2D eigenvalue weighted by molar-refractivity contribution is 5.84. The number of methoxy groups -OCH3 is 2. The standard InChI is InChI=1S/C29H34N6O4/c1-29(2,28(37)30-9-10-36)35-18-20(15-32-35)27-16-31-25-8-7-21(13-26(25)33-27)34(17-19-5-6-19)22-11-23(38-3)14-24(12-22)39-4/h7-8,11-16,18-19,36H,5-6,9-10,17H2,1-4H3,(H,30,37). The zero-order chi connectivity index (χ0) is 27.6. The molecule has 2 N–H and O–H groups in total. The van der Waals surface area contributed by atoms with E-state index in [1.165, 1.54) is 12.8 Å². The number of anilines is 2. The first kappa shape index (κ1) is 26.4. The van der Waals surface area contributed by atoms with Crippen molar-refractivity contribution in [1.29, 1.82) is 0 Å². The lowest BCUT2D eigenvalue weighted by atomic mass is 10.1. The average molecular weight is 531 g/mol. The molecule has 10 nitrogen and oxygen atoms in total. The van der Waals surface area contributed by atoms with Gasteiger partial charge in [-0.3, -0.25) is 14.5 Å². The van der Waals surface area contributed by atoms with Crippen molar-refractivity contribution >= 4 is 28.3 Å². The van der Waals surface area contributed by atoms with Crippen molar-refractivity contribution in [1.82, 2.24) is 25.1 Å². The molecular formula is C29H34N6O4. The molecule has 5 rings (SSSR count). The van der Waals surface area contributed by atoms with Crippen LogP contribution in [0.15, 0.2) is 55.0 Å². The number of nitrogens with one attached hydrogen (secondary N) is 1. The van der Waals surface area contributed by atoms with E-state index in [9.17, 15) is 4.79 Å². The fraction of sp³-hybridized carbons (Fsp3) is 0.379. The van der Waals surface area contributed by atoms with Crippen LogP contribution in [0.3, 0.4) is 0 Å². The van der Waals surface area contributed by atoms with Crippen LogP contribution in [-0.2, 0) is 10.3 Å². The smallest absolute Gasteiger partial charge is 0.247 e. The Bertz CT molecular complexity index is 1460. The zero-order valence-electron chi connectivity index (χ0n) is 22.7. The Morgan fingerprint density at radius 1 is 1.08 bits per heavy atom. The number of amides is 1. The fourth-order valence-corrected chi connectivity index (χ4v) is 4.42. The Morgan fingerprint density at radius 2 is 1.82 bits per heavy atom. The predicted molar refractivity (Wildman–Crippen MR) is 149 cm³/mol. The van der Waals surface area contributed by atoms with Gasteiger partial charge in [0, 0.05) is 54.4 Å². The van der Waals surface area contributed by atoms with Crippen molar-refractivity contribution in [3.63, 3.8) is 0 Å². The largest absolute Gasteiger partial charge is 0.497 e. The number of aliphatic hydroxyl groups is 1. The Morgan fingerprint density at radius 3 is 2.49 bits per heavy atom. The van der Waals surface area contributed by atoms with E-state index in [-0.39, 0.29) is 19.1 Å². The number of benzene rings is 2. The molecule has 0 saturated heterocycles. The second-order valence-corrected chi connectivity index (χ2v) is 10.3. The first-order valence-electron chi connectivity index (χ1n) is 13.0. The van der Waals surface area contributed by atoms with Crippen LogP contribution in [0.25, 0.3) is 22.3 Å². The highest BCUT2D eigenvalue weighted by Crippen LogP contribution is 2.38. The van der Waals surface area contributed by atoms with E-state index in [0.717, 1.165) is 46.0 Å². The van der Waals surface area contributed by atoms with Crippen molar-refractivity contribution in [3.05, 3.63) is 55.0 Å². The molecule has 1 fully saturated rings. The highest BCUT2D eigenvalue weighted by atomic mass is 16.5. The minimum atomic E-state index is -0.939. The van der Waals surface area contributed by atoms with Gasteiger partial charge in [0.1, 0.15) is 17.0 Å². The number of ether oxygens (including phenoxy) is 2. The van der Waals surface area contributed by atoms with Crippen molar-refractivity contribution < 1.29 is 19.4 Å². The van der Waals surface area contributed by atoms with E-state index in [4.69, 9.17) is 19.6 Å². The Hall–Kier alpha value is -4.18. The molecule has 1 saturated carbocycles. The Kier molecular flexibility index (Phi) is 7.38. The summed E-state index contributed by atoms with van der Waals surface area (Å²) < 4.78 is 12.7. The number of carbonyl (C=O) groups excluding carboxylic acids is 1. The van der Waals surface area contributed by atoms with Crippen LogP contribution in [-0.4, -0.2) is 64.7 Å². The highest BCUT2D eigenvalue weighted by Gasteiger charge is 2.30. The Balaban J connectivity index is 1.48. The fourth-order valence-electron chi connectivity index (χ4n) is 4.42. The summed E-state index contributed by atoms with van der Waals surface area (Å²) in [5.41, 5.74) is 4.02. The van der Waals surface area contributed by atoms with E-state index >= 15 is 0 Å². The number of rotatable bonds is 11. The van der Waals surface area contributed by atoms with Gasteiger partial charge in [-0.1, -0.05) is 0 Å². The molecule has 2 aromatic heterocycles. The third-order valence-corrected chi connectivity index (χ3v) is 7.03. The maximum atomic E-state index is 12.6. The summed E-state index contributed by atoms with van der Waals surface area (Å²) in [6, 6.07) is 12.0. The van der Waals surface area contributed by atoms with Gasteiger partial charge < -0.3 is 24.8 Å². The van der Waals surface area contributed by atoms with Gasteiger partial charge in [0.2, 0.25) is 5.91 Å². The number of aliphatic hydroxyl groups excluding tert-OH is 1. The van der Waals surface area contributed by atoms with Gasteiger partial charge >= 0.3 is 0 Å². The first-order valence-corrected chi connectivity index (χ1v) is 13.0. The molecule has 39 heavy (non-hydrogen) atoms. The van der Waals surface area contributed by atoms with Gasteiger partial charge in [-0.25, -0.2) is 4.98 Å². The number of hydrogen-bond donors (Lipinski definition) is 2. The molecule has 0 spiro atoms. The SMILES string of the molecule is COc1cc(OC)cc(N(CC2CC2)c2ccc3ncc(-c4cnn(C(C)(C)C(=O)NCCO)c4)nc3c2)c1. The van der Waals surface area contributed by atoms with Gasteiger partial charge in [0.25, 0.3) is 0 Å². The maximum Gasteiger partial charge on any atom is 0.247 e. The normalized spacial score (nSPS) is 13.4. The molecule has 2 aromatic carbocycles. The van der Waals surface area contributed by atoms with Crippen LogP contribution in [0.2, 0.25) is 0 Å². The van der Waals surface area contributed by atoms with Gasteiger partial charge in [-0.2, -0.15) is 5.10 Å². The quantitative estimate of drug-likeness (QED) is 0.300. The maximum absolute atomic E-state index is 12.6. The predicted octanol–water partition coefficient (Wildman–Crippen LogP) is 3.90. The summed E-state index contributed by atoms with van der Waals surface area (Å²) in [6.07, 6.45) is 7.63. The number of nitrogens with zero attached hydrogens (tertiary/aromatic N) is 5. The third-order valence-electron chi connectivity index (χ3n) is 7.03. The summed E-state index contributed by atoms with van der Waals surface area (Å²) >= 11 is 0. The molecule has 0 aliphatic heterocycles. The molecule has 2 heterocycles. The van der Waals surface area contributed by atoms with Crippen LogP contribution in [0.4, 0.5) is 11.4 Å². The molecule has 1 aliphatic carbocycles. The number of fused-ring (bicyclic) bond motifs is 1. The van der Waals surface area contributed by atoms with Crippen molar-refractivity contribution in [2.45, 2.75) is 32.2 Å². The van der Waals surface area contributed by atoms with Crippen LogP contribution < -0.4 is 19.7 Å². The second kappa shape index (κ2) is 10.9. The molecule has 1 aliphatic rings. The molecule has 10 heteroatoms. The molecule has 4 aromatic rings. The topological polar surface area (TPSA) is 115 Å². The van der Waals surface area contributed by atoms with Gasteiger partial charge in [0.05, 0.1) is 49.9 Å². The average Bonchev–Trinajstić information content (AvgIpc) is 3.64. The molecule has 0 unspecified atom stereocenters. The lowest BCUT2D eigenvalue weighted by Gasteiger charge is -2.26. The molecule has 1 amide bonds. The van der Waals surface area contributed by atoms with Crippen molar-refractivity contribution in [2.75, 3.05) is 38.8 Å². The number of hydrogen-bond acceptors (Lipinski definition) is 8. The zero-order valence-corrected chi connectivity index (χ0v) is 22.7. The van der Waals surface area contributed by atoms with Gasteiger partial charge in [-0.05, 0) is 50.8 Å². The number of carbonyl (C=O) groups is 1.